The number of non-ortho nitro benzene ring substituents is 1. The van der Waals surface area contributed by atoms with E-state index in [9.17, 15) is 24.1 Å². The van der Waals surface area contributed by atoms with E-state index in [4.69, 9.17) is 15.2 Å². The van der Waals surface area contributed by atoms with Crippen LogP contribution in [0.3, 0.4) is 0 Å². The van der Waals surface area contributed by atoms with Crippen LogP contribution in [0.5, 0.6) is 10.9 Å². The van der Waals surface area contributed by atoms with E-state index >= 15 is 0 Å². The average molecular weight is 504 g/mol. The molecular weight excluding hydrogens is 481 g/mol. The maximum Gasteiger partial charge on any atom is 0.410 e. The fourth-order valence-corrected chi connectivity index (χ4v) is 4.33. The van der Waals surface area contributed by atoms with Gasteiger partial charge in [-0.05, 0) is 37.9 Å². The first-order valence-electron chi connectivity index (χ1n) is 10.2. The Kier molecular flexibility index (Phi) is 8.28. The Bertz CT molecular complexity index is 1230. The number of nitrogens with two attached hydrogens (primary N) is 1. The van der Waals surface area contributed by atoms with Crippen molar-refractivity contribution in [2.24, 2.45) is 5.73 Å². The molecule has 0 aliphatic heterocycles. The molecule has 0 unspecified atom stereocenters. The minimum Gasteiger partial charge on any atom is -0.475 e. The number of nitro groups is 1. The second kappa shape index (κ2) is 11.4. The number of hydrogen-bond acceptors (Lipinski definition) is 9. The van der Waals surface area contributed by atoms with Gasteiger partial charge in [0.2, 0.25) is 5.88 Å². The summed E-state index contributed by atoms with van der Waals surface area (Å²) in [5, 5.41) is 13.6. The van der Waals surface area contributed by atoms with E-state index in [2.05, 4.69) is 10.3 Å². The lowest BCUT2D eigenvalue weighted by molar-refractivity contribution is -0.384. The van der Waals surface area contributed by atoms with Gasteiger partial charge in [-0.15, -0.1) is 0 Å². The maximum absolute atomic E-state index is 13.3. The number of benzene rings is 1. The minimum atomic E-state index is -1.10. The summed E-state index contributed by atoms with van der Waals surface area (Å²) >= 11 is 1.01. The number of thiophene rings is 1. The Morgan fingerprint density at radius 1 is 1.23 bits per heavy atom. The molecule has 3 aromatic rings. The predicted octanol–water partition coefficient (Wildman–Crippen LogP) is 3.84. The molecule has 0 spiro atoms. The number of pyridine rings is 1. The van der Waals surface area contributed by atoms with Crippen LogP contribution in [0.2, 0.25) is 0 Å². The highest BCUT2D eigenvalue weighted by Gasteiger charge is 2.28. The van der Waals surface area contributed by atoms with E-state index < -0.39 is 23.6 Å². The van der Waals surface area contributed by atoms with Crippen molar-refractivity contribution < 1.29 is 28.4 Å². The zero-order valence-electron chi connectivity index (χ0n) is 18.8. The number of alkyl halides is 1. The normalized spacial score (nSPS) is 10.7. The molecule has 0 saturated carbocycles. The van der Waals surface area contributed by atoms with E-state index in [1.54, 1.807) is 32.3 Å². The van der Waals surface area contributed by atoms with Gasteiger partial charge in [0.15, 0.2) is 5.06 Å². The number of hydrogen-bond donors (Lipinski definition) is 2. The van der Waals surface area contributed by atoms with Gasteiger partial charge >= 0.3 is 6.09 Å². The number of nitro benzene ring substituents is 1. The van der Waals surface area contributed by atoms with Gasteiger partial charge in [-0.3, -0.25) is 14.9 Å². The molecule has 13 heteroatoms. The van der Waals surface area contributed by atoms with Gasteiger partial charge < -0.3 is 25.4 Å². The number of nitrogens with zero attached hydrogens (tertiary/aromatic N) is 3. The summed E-state index contributed by atoms with van der Waals surface area (Å²) < 4.78 is 22.7. The number of ether oxygens (including phenoxy) is 2. The first kappa shape index (κ1) is 25.5. The summed E-state index contributed by atoms with van der Waals surface area (Å²) in [5.74, 6) is -0.368. The molecule has 2 heterocycles. The van der Waals surface area contributed by atoms with Crippen molar-refractivity contribution in [2.45, 2.75) is 6.54 Å². The van der Waals surface area contributed by atoms with Crippen LogP contribution in [0.15, 0.2) is 42.5 Å². The third kappa shape index (κ3) is 6.49. The van der Waals surface area contributed by atoms with Gasteiger partial charge in [0.05, 0.1) is 10.5 Å². The van der Waals surface area contributed by atoms with Gasteiger partial charge in [0.25, 0.3) is 11.6 Å². The molecule has 0 bridgehead atoms. The van der Waals surface area contributed by atoms with Crippen LogP contribution < -0.4 is 20.5 Å². The van der Waals surface area contributed by atoms with Crippen molar-refractivity contribution in [3.05, 3.63) is 63.7 Å². The molecular formula is C22H22FN5O6S. The molecule has 0 fully saturated rings. The zero-order chi connectivity index (χ0) is 25.5. The number of aromatic nitrogens is 1. The second-order valence-corrected chi connectivity index (χ2v) is 8.37. The van der Waals surface area contributed by atoms with Crippen LogP contribution in [-0.4, -0.2) is 54.2 Å². The molecule has 11 nitrogen and oxygen atoms in total. The van der Waals surface area contributed by atoms with E-state index in [-0.39, 0.29) is 41.2 Å². The van der Waals surface area contributed by atoms with Gasteiger partial charge in [-0.25, -0.2) is 9.18 Å². The van der Waals surface area contributed by atoms with Crippen molar-refractivity contribution in [3.63, 3.8) is 0 Å². The molecule has 2 amide bonds. The molecule has 184 valence electrons. The number of carbonyl (C=O) groups is 2. The number of halogens is 1. The van der Waals surface area contributed by atoms with E-state index in [0.717, 1.165) is 11.3 Å². The number of nitrogens with one attached hydrogen (secondary N) is 1. The second-order valence-electron chi connectivity index (χ2n) is 7.39. The summed E-state index contributed by atoms with van der Waals surface area (Å²) in [4.78, 5) is 41.9. The van der Waals surface area contributed by atoms with Crippen LogP contribution >= 0.6 is 11.3 Å². The van der Waals surface area contributed by atoms with Gasteiger partial charge in [-0.1, -0.05) is 17.4 Å². The average Bonchev–Trinajstić information content (AvgIpc) is 3.14. The Labute approximate surface area is 203 Å². The third-order valence-corrected chi connectivity index (χ3v) is 5.66. The van der Waals surface area contributed by atoms with E-state index in [1.165, 1.54) is 24.3 Å². The highest BCUT2D eigenvalue weighted by atomic mass is 32.1. The van der Waals surface area contributed by atoms with Gasteiger partial charge in [0.1, 0.15) is 19.1 Å². The summed E-state index contributed by atoms with van der Waals surface area (Å²) in [7, 11) is 3.58. The molecule has 0 saturated heterocycles. The first-order chi connectivity index (χ1) is 16.7. The van der Waals surface area contributed by atoms with Crippen LogP contribution in [0.25, 0.3) is 10.4 Å². The Balaban J connectivity index is 2.06. The van der Waals surface area contributed by atoms with Crippen LogP contribution in [0, 0.1) is 10.1 Å². The summed E-state index contributed by atoms with van der Waals surface area (Å²) in [5.41, 5.74) is 6.32. The number of amides is 2. The van der Waals surface area contributed by atoms with E-state index in [0.29, 0.717) is 16.0 Å². The SMILES string of the molecule is CN(C)Cc1c(-c2ccc([N+](=O)[O-])cc2)sc(OC(N)=O)c1C(=O)Nc1cccc(OCCF)n1. The lowest BCUT2D eigenvalue weighted by Gasteiger charge is -2.14. The Morgan fingerprint density at radius 3 is 2.54 bits per heavy atom. The molecule has 3 N–H and O–H groups in total. The molecule has 2 aromatic heterocycles. The quantitative estimate of drug-likeness (QED) is 0.313. The molecule has 0 radical (unpaired) electrons. The predicted molar refractivity (Wildman–Crippen MR) is 128 cm³/mol. The molecule has 0 aliphatic rings. The van der Waals surface area contributed by atoms with Gasteiger partial charge in [0, 0.05) is 35.2 Å². The molecule has 0 aliphatic carbocycles. The molecule has 1 aromatic carbocycles. The summed E-state index contributed by atoms with van der Waals surface area (Å²) in [6.07, 6.45) is -1.10. The smallest absolute Gasteiger partial charge is 0.410 e. The van der Waals surface area contributed by atoms with Gasteiger partial charge in [-0.2, -0.15) is 4.98 Å². The summed E-state index contributed by atoms with van der Waals surface area (Å²) in [6.45, 7) is -0.599. The number of carbonyl (C=O) groups excluding carboxylic acids is 2. The molecule has 0 atom stereocenters. The maximum atomic E-state index is 13.3. The fraction of sp³-hybridized carbons (Fsp3) is 0.227. The van der Waals surface area contributed by atoms with Crippen LogP contribution in [-0.2, 0) is 6.54 Å². The number of primary amides is 1. The van der Waals surface area contributed by atoms with Crippen molar-refractivity contribution in [1.29, 1.82) is 0 Å². The Hall–Kier alpha value is -4.10. The first-order valence-corrected chi connectivity index (χ1v) is 11.0. The fourth-order valence-electron chi connectivity index (χ4n) is 3.16. The van der Waals surface area contributed by atoms with Crippen LogP contribution in [0.4, 0.5) is 20.7 Å². The molecule has 3 rings (SSSR count). The van der Waals surface area contributed by atoms with Crippen molar-refractivity contribution in [1.82, 2.24) is 9.88 Å². The van der Waals surface area contributed by atoms with Crippen molar-refractivity contribution in [3.8, 4) is 21.4 Å². The number of rotatable bonds is 10. The minimum absolute atomic E-state index is 0.0370. The highest BCUT2D eigenvalue weighted by Crippen LogP contribution is 2.43. The van der Waals surface area contributed by atoms with E-state index in [1.807, 2.05) is 4.90 Å². The highest BCUT2D eigenvalue weighted by molar-refractivity contribution is 7.18. The largest absolute Gasteiger partial charge is 0.475 e. The lowest BCUT2D eigenvalue weighted by Crippen LogP contribution is -2.21. The summed E-state index contributed by atoms with van der Waals surface area (Å²) in [6, 6.07) is 10.4. The van der Waals surface area contributed by atoms with Crippen molar-refractivity contribution in [2.75, 3.05) is 32.7 Å². The topological polar surface area (TPSA) is 150 Å². The number of anilines is 1. The molecule has 35 heavy (non-hydrogen) atoms. The Morgan fingerprint density at radius 2 is 1.94 bits per heavy atom. The third-order valence-electron chi connectivity index (χ3n) is 4.50. The van der Waals surface area contributed by atoms with Crippen molar-refractivity contribution >= 4 is 34.8 Å². The standard InChI is InChI=1S/C22H22FN5O6S/c1-27(2)12-15-18(20(29)26-16-4-3-5-17(25-16)33-11-10-23)21(34-22(24)30)35-19(15)13-6-8-14(9-7-13)28(31)32/h3-9H,10-12H2,1-2H3,(H2,24,30)(H,25,26,29). The zero-order valence-corrected chi connectivity index (χ0v) is 19.6. The lowest BCUT2D eigenvalue weighted by atomic mass is 10.0. The monoisotopic (exact) mass is 503 g/mol. The van der Waals surface area contributed by atoms with Crippen LogP contribution in [0.1, 0.15) is 15.9 Å².